The number of aliphatic carboxylic acids is 1. The average molecular weight is 732 g/mol. The van der Waals surface area contributed by atoms with Crippen molar-refractivity contribution >= 4 is 23.5 Å². The summed E-state index contributed by atoms with van der Waals surface area (Å²) in [6, 6.07) is 36.8. The van der Waals surface area contributed by atoms with Crippen molar-refractivity contribution in [3.8, 4) is 28.4 Å². The van der Waals surface area contributed by atoms with Gasteiger partial charge < -0.3 is 30.5 Å². The Bertz CT molecular complexity index is 2000. The van der Waals surface area contributed by atoms with E-state index in [1.807, 2.05) is 91.0 Å². The maximum atomic E-state index is 14.0. The maximum Gasteiger partial charge on any atom is 0.490 e. The van der Waals surface area contributed by atoms with E-state index in [1.165, 1.54) is 6.07 Å². The molecule has 0 heterocycles. The average Bonchev–Trinajstić information content (AvgIpc) is 3.16. The first-order valence-electron chi connectivity index (χ1n) is 16.3. The third kappa shape index (κ3) is 11.9. The van der Waals surface area contributed by atoms with Gasteiger partial charge in [-0.3, -0.25) is 9.59 Å². The SMILES string of the molecule is COc1cccc(-c2ccc(CN(C(=O)CCC(=O)NCc3ccccc3F)c3ccccc3Oc3cccc(CN)c3)cc2)c1.O=C(O)C(F)(F)F. The molecule has 53 heavy (non-hydrogen) atoms. The normalized spacial score (nSPS) is 10.8. The number of halogens is 4. The van der Waals surface area contributed by atoms with Gasteiger partial charge in [0.2, 0.25) is 11.8 Å². The van der Waals surface area contributed by atoms with Crippen LogP contribution in [0.15, 0.2) is 121 Å². The number of para-hydroxylation sites is 2. The number of hydrogen-bond donors (Lipinski definition) is 3. The van der Waals surface area contributed by atoms with Crippen molar-refractivity contribution in [3.05, 3.63) is 144 Å². The summed E-state index contributed by atoms with van der Waals surface area (Å²) in [5.74, 6) is -1.90. The van der Waals surface area contributed by atoms with E-state index in [1.54, 1.807) is 36.3 Å². The number of methoxy groups -OCH3 is 1. The lowest BCUT2D eigenvalue weighted by Gasteiger charge is -2.25. The number of nitrogens with one attached hydrogen (secondary N) is 1. The summed E-state index contributed by atoms with van der Waals surface area (Å²) in [6.45, 7) is 0.660. The zero-order valence-electron chi connectivity index (χ0n) is 28.6. The van der Waals surface area contributed by atoms with Crippen LogP contribution in [0.1, 0.15) is 29.5 Å². The van der Waals surface area contributed by atoms with E-state index >= 15 is 0 Å². The van der Waals surface area contributed by atoms with Gasteiger partial charge in [0.25, 0.3) is 0 Å². The van der Waals surface area contributed by atoms with Crippen molar-refractivity contribution in [3.63, 3.8) is 0 Å². The van der Waals surface area contributed by atoms with Crippen molar-refractivity contribution in [2.24, 2.45) is 5.73 Å². The highest BCUT2D eigenvalue weighted by molar-refractivity contribution is 5.96. The molecule has 5 aromatic rings. The fourth-order valence-electron chi connectivity index (χ4n) is 5.00. The number of carbonyl (C=O) groups is 3. The number of ether oxygens (including phenoxy) is 2. The molecule has 0 aliphatic carbocycles. The van der Waals surface area contributed by atoms with E-state index < -0.39 is 18.0 Å². The first-order valence-corrected chi connectivity index (χ1v) is 16.3. The number of alkyl halides is 3. The Morgan fingerprint density at radius 2 is 1.43 bits per heavy atom. The lowest BCUT2D eigenvalue weighted by Crippen LogP contribution is -2.32. The summed E-state index contributed by atoms with van der Waals surface area (Å²) < 4.78 is 57.4. The second kappa shape index (κ2) is 18.9. The van der Waals surface area contributed by atoms with Crippen LogP contribution in [-0.4, -0.2) is 36.2 Å². The molecule has 5 aromatic carbocycles. The van der Waals surface area contributed by atoms with E-state index in [0.717, 1.165) is 28.0 Å². The molecular formula is C40H37F4N3O6. The summed E-state index contributed by atoms with van der Waals surface area (Å²) in [5, 5.41) is 9.84. The number of anilines is 1. The van der Waals surface area contributed by atoms with Gasteiger partial charge >= 0.3 is 12.1 Å². The Labute approximate surface area is 303 Å². The van der Waals surface area contributed by atoms with Gasteiger partial charge in [-0.15, -0.1) is 0 Å². The molecular weight excluding hydrogens is 694 g/mol. The molecule has 0 aromatic heterocycles. The highest BCUT2D eigenvalue weighted by atomic mass is 19.4. The molecule has 0 unspecified atom stereocenters. The number of carboxylic acids is 1. The molecule has 0 spiro atoms. The van der Waals surface area contributed by atoms with Gasteiger partial charge in [0.1, 0.15) is 17.3 Å². The molecule has 0 radical (unpaired) electrons. The Hall–Kier alpha value is -6.21. The van der Waals surface area contributed by atoms with Crippen LogP contribution in [0.5, 0.6) is 17.2 Å². The zero-order valence-corrected chi connectivity index (χ0v) is 28.6. The Morgan fingerprint density at radius 3 is 2.11 bits per heavy atom. The molecule has 13 heteroatoms. The number of nitrogens with two attached hydrogens (primary N) is 1. The Morgan fingerprint density at radius 1 is 0.774 bits per heavy atom. The first-order chi connectivity index (χ1) is 25.4. The van der Waals surface area contributed by atoms with E-state index in [0.29, 0.717) is 29.3 Å². The molecule has 0 aliphatic heterocycles. The van der Waals surface area contributed by atoms with Gasteiger partial charge in [0, 0.05) is 31.5 Å². The summed E-state index contributed by atoms with van der Waals surface area (Å²) in [7, 11) is 1.64. The number of amides is 2. The van der Waals surface area contributed by atoms with Gasteiger partial charge in [0.15, 0.2) is 5.75 Å². The zero-order chi connectivity index (χ0) is 38.4. The second-order valence-electron chi connectivity index (χ2n) is 11.5. The molecule has 0 saturated heterocycles. The van der Waals surface area contributed by atoms with Gasteiger partial charge in [-0.05, 0) is 64.7 Å². The Kier molecular flexibility index (Phi) is 14.1. The van der Waals surface area contributed by atoms with E-state index in [-0.39, 0.29) is 37.7 Å². The van der Waals surface area contributed by atoms with Crippen molar-refractivity contribution in [2.75, 3.05) is 12.0 Å². The number of rotatable bonds is 13. The predicted molar refractivity (Wildman–Crippen MR) is 192 cm³/mol. The summed E-state index contributed by atoms with van der Waals surface area (Å²) in [6.07, 6.45) is -5.19. The first kappa shape index (κ1) is 39.6. The van der Waals surface area contributed by atoms with Crippen LogP contribution in [0.4, 0.5) is 23.2 Å². The lowest BCUT2D eigenvalue weighted by atomic mass is 10.0. The Balaban J connectivity index is 0.000000815. The quantitative estimate of drug-likeness (QED) is 0.105. The van der Waals surface area contributed by atoms with E-state index in [9.17, 15) is 27.2 Å². The van der Waals surface area contributed by atoms with Crippen molar-refractivity contribution in [1.82, 2.24) is 5.32 Å². The van der Waals surface area contributed by atoms with Crippen LogP contribution in [0.25, 0.3) is 11.1 Å². The molecule has 0 saturated carbocycles. The van der Waals surface area contributed by atoms with Crippen LogP contribution in [0.3, 0.4) is 0 Å². The van der Waals surface area contributed by atoms with Crippen LogP contribution >= 0.6 is 0 Å². The van der Waals surface area contributed by atoms with Crippen molar-refractivity contribution in [1.29, 1.82) is 0 Å². The third-order valence-electron chi connectivity index (χ3n) is 7.76. The number of carboxylic acid groups (broad SMARTS) is 1. The minimum atomic E-state index is -5.08. The fraction of sp³-hybridized carbons (Fsp3) is 0.175. The molecule has 9 nitrogen and oxygen atoms in total. The van der Waals surface area contributed by atoms with Gasteiger partial charge in [-0.25, -0.2) is 9.18 Å². The fourth-order valence-corrected chi connectivity index (χ4v) is 5.00. The van der Waals surface area contributed by atoms with Gasteiger partial charge in [-0.1, -0.05) is 78.9 Å². The van der Waals surface area contributed by atoms with Gasteiger partial charge in [-0.2, -0.15) is 13.2 Å². The predicted octanol–water partition coefficient (Wildman–Crippen LogP) is 8.02. The van der Waals surface area contributed by atoms with E-state index in [4.69, 9.17) is 25.1 Å². The highest BCUT2D eigenvalue weighted by Gasteiger charge is 2.38. The molecule has 0 aliphatic rings. The number of nitrogens with zero attached hydrogens (tertiary/aromatic N) is 1. The van der Waals surface area contributed by atoms with Crippen LogP contribution in [0.2, 0.25) is 0 Å². The second-order valence-corrected chi connectivity index (χ2v) is 11.5. The molecule has 4 N–H and O–H groups in total. The minimum Gasteiger partial charge on any atom is -0.497 e. The minimum absolute atomic E-state index is 0.0432. The standard InChI is InChI=1S/C38H36FN3O4.C2HF3O2/c1-45-32-11-7-10-30(23-32)29-18-16-27(17-19-29)26-42(38(44)21-20-37(43)41-25-31-9-2-3-13-34(31)39)35-14-4-5-15-36(35)46-33-12-6-8-28(22-33)24-40;3-2(4,5)1(6)7/h2-19,22-23H,20-21,24-26,40H2,1H3,(H,41,43);(H,6,7). The van der Waals surface area contributed by atoms with Crippen molar-refractivity contribution in [2.45, 2.75) is 38.7 Å². The molecule has 0 fully saturated rings. The largest absolute Gasteiger partial charge is 0.497 e. The monoisotopic (exact) mass is 731 g/mol. The third-order valence-corrected chi connectivity index (χ3v) is 7.76. The number of benzene rings is 5. The molecule has 276 valence electrons. The number of hydrogen-bond acceptors (Lipinski definition) is 6. The van der Waals surface area contributed by atoms with Gasteiger partial charge in [0.05, 0.1) is 19.3 Å². The number of carbonyl (C=O) groups excluding carboxylic acids is 2. The van der Waals surface area contributed by atoms with Crippen molar-refractivity contribution < 1.29 is 46.5 Å². The maximum absolute atomic E-state index is 14.0. The molecule has 0 atom stereocenters. The summed E-state index contributed by atoms with van der Waals surface area (Å²) in [4.78, 5) is 37.1. The smallest absolute Gasteiger partial charge is 0.490 e. The topological polar surface area (TPSA) is 131 Å². The molecule has 5 rings (SSSR count). The van der Waals surface area contributed by atoms with Crippen LogP contribution < -0.4 is 25.4 Å². The molecule has 2 amide bonds. The summed E-state index contributed by atoms with van der Waals surface area (Å²) >= 11 is 0. The highest BCUT2D eigenvalue weighted by Crippen LogP contribution is 2.34. The summed E-state index contributed by atoms with van der Waals surface area (Å²) in [5.41, 5.74) is 10.6. The van der Waals surface area contributed by atoms with Crippen LogP contribution in [-0.2, 0) is 34.0 Å². The molecule has 0 bridgehead atoms. The lowest BCUT2D eigenvalue weighted by molar-refractivity contribution is -0.192. The van der Waals surface area contributed by atoms with Crippen LogP contribution in [0, 0.1) is 5.82 Å². The van der Waals surface area contributed by atoms with E-state index in [2.05, 4.69) is 5.32 Å².